The Morgan fingerprint density at radius 2 is 2.00 bits per heavy atom. The van der Waals surface area contributed by atoms with Crippen molar-refractivity contribution in [1.82, 2.24) is 20.2 Å². The normalized spacial score (nSPS) is 12.6. The van der Waals surface area contributed by atoms with E-state index in [1.165, 1.54) is 5.56 Å². The summed E-state index contributed by atoms with van der Waals surface area (Å²) in [5, 5.41) is 6.78. The van der Waals surface area contributed by atoms with E-state index < -0.39 is 0 Å². The maximum absolute atomic E-state index is 4.71. The number of rotatable bonds is 7. The van der Waals surface area contributed by atoms with Gasteiger partial charge in [0.1, 0.15) is 12.4 Å². The van der Waals surface area contributed by atoms with Crippen molar-refractivity contribution >= 4 is 45.9 Å². The first-order valence-electron chi connectivity index (χ1n) is 8.80. The molecule has 2 rings (SSSR count). The summed E-state index contributed by atoms with van der Waals surface area (Å²) in [7, 11) is 0. The van der Waals surface area contributed by atoms with E-state index in [1.54, 1.807) is 0 Å². The Morgan fingerprint density at radius 3 is 2.65 bits per heavy atom. The Morgan fingerprint density at radius 1 is 1.27 bits per heavy atom. The summed E-state index contributed by atoms with van der Waals surface area (Å²) in [6.07, 6.45) is 3.87. The topological polar surface area (TPSA) is 54.2 Å². The molecule has 0 radical (unpaired) electrons. The first kappa shape index (κ1) is 23.0. The lowest BCUT2D eigenvalue weighted by Crippen LogP contribution is -2.38. The van der Waals surface area contributed by atoms with Gasteiger partial charge >= 0.3 is 0 Å². The second kappa shape index (κ2) is 11.6. The van der Waals surface area contributed by atoms with Crippen LogP contribution in [0.1, 0.15) is 45.1 Å². The average molecular weight is 534 g/mol. The molecule has 1 heterocycles. The predicted molar refractivity (Wildman–Crippen MR) is 123 cm³/mol. The van der Waals surface area contributed by atoms with E-state index >= 15 is 0 Å². The third-order valence-corrected chi connectivity index (χ3v) is 4.53. The number of guanidine groups is 1. The van der Waals surface area contributed by atoms with Crippen molar-refractivity contribution in [3.05, 3.63) is 52.5 Å². The molecule has 0 fully saturated rings. The molecule has 0 aliphatic heterocycles. The van der Waals surface area contributed by atoms with Gasteiger partial charge < -0.3 is 15.2 Å². The van der Waals surface area contributed by atoms with E-state index in [2.05, 4.69) is 75.9 Å². The van der Waals surface area contributed by atoms with Crippen LogP contribution in [-0.2, 0) is 13.1 Å². The fourth-order valence-corrected chi connectivity index (χ4v) is 3.26. The third-order valence-electron chi connectivity index (χ3n) is 3.81. The van der Waals surface area contributed by atoms with Crippen molar-refractivity contribution in [2.24, 2.45) is 10.9 Å². The van der Waals surface area contributed by atoms with Crippen molar-refractivity contribution in [2.75, 3.05) is 6.54 Å². The van der Waals surface area contributed by atoms with E-state index in [0.717, 1.165) is 29.3 Å². The van der Waals surface area contributed by atoms with Crippen LogP contribution in [0.3, 0.4) is 0 Å². The van der Waals surface area contributed by atoms with E-state index in [1.807, 2.05) is 24.5 Å². The quantitative estimate of drug-likeness (QED) is 0.307. The van der Waals surface area contributed by atoms with E-state index in [-0.39, 0.29) is 30.0 Å². The summed E-state index contributed by atoms with van der Waals surface area (Å²) in [6.45, 7) is 10.9. The number of imidazole rings is 1. The number of hydrogen-bond acceptors (Lipinski definition) is 2. The highest BCUT2D eigenvalue weighted by molar-refractivity contribution is 14.0. The second-order valence-electron chi connectivity index (χ2n) is 6.47. The van der Waals surface area contributed by atoms with Gasteiger partial charge in [-0.3, -0.25) is 0 Å². The van der Waals surface area contributed by atoms with Crippen LogP contribution in [0.4, 0.5) is 0 Å². The minimum Gasteiger partial charge on any atom is -0.357 e. The van der Waals surface area contributed by atoms with Crippen LogP contribution >= 0.6 is 39.9 Å². The largest absolute Gasteiger partial charge is 0.357 e. The Bertz CT molecular complexity index is 699. The Kier molecular flexibility index (Phi) is 10.2. The molecule has 0 bridgehead atoms. The van der Waals surface area contributed by atoms with Crippen molar-refractivity contribution in [1.29, 1.82) is 0 Å². The van der Waals surface area contributed by atoms with Crippen LogP contribution in [0.25, 0.3) is 0 Å². The van der Waals surface area contributed by atoms with Crippen molar-refractivity contribution in [2.45, 2.75) is 46.8 Å². The maximum Gasteiger partial charge on any atom is 0.192 e. The molecule has 7 heteroatoms. The molecule has 26 heavy (non-hydrogen) atoms. The number of nitrogens with zero attached hydrogens (tertiary/aromatic N) is 3. The van der Waals surface area contributed by atoms with Gasteiger partial charge in [0.25, 0.3) is 0 Å². The monoisotopic (exact) mass is 533 g/mol. The summed E-state index contributed by atoms with van der Waals surface area (Å²) in [5.41, 5.74) is 1.20. The summed E-state index contributed by atoms with van der Waals surface area (Å²) in [4.78, 5) is 9.16. The summed E-state index contributed by atoms with van der Waals surface area (Å²) >= 11 is 3.62. The molecule has 1 aromatic carbocycles. The zero-order valence-corrected chi connectivity index (χ0v) is 19.8. The minimum atomic E-state index is 0. The average Bonchev–Trinajstić information content (AvgIpc) is 2.99. The molecule has 1 aromatic heterocycles. The van der Waals surface area contributed by atoms with Gasteiger partial charge in [0.15, 0.2) is 5.96 Å². The zero-order valence-electron chi connectivity index (χ0n) is 15.9. The summed E-state index contributed by atoms with van der Waals surface area (Å²) in [6, 6.07) is 8.38. The molecule has 0 saturated heterocycles. The lowest BCUT2D eigenvalue weighted by molar-refractivity contribution is 0.507. The zero-order chi connectivity index (χ0) is 18.2. The van der Waals surface area contributed by atoms with Crippen molar-refractivity contribution in [3.8, 4) is 0 Å². The lowest BCUT2D eigenvalue weighted by Gasteiger charge is -2.19. The van der Waals surface area contributed by atoms with E-state index in [4.69, 9.17) is 4.99 Å². The lowest BCUT2D eigenvalue weighted by atomic mass is 10.1. The molecular formula is C19H29BrIN5. The molecule has 0 aliphatic rings. The van der Waals surface area contributed by atoms with Crippen LogP contribution in [0.15, 0.2) is 46.1 Å². The molecule has 1 atom stereocenters. The highest BCUT2D eigenvalue weighted by Gasteiger charge is 2.11. The SMILES string of the molecule is CCNC(=NCc1nccn1CC(C)C)NC(C)c1ccccc1Br.I. The van der Waals surface area contributed by atoms with Gasteiger partial charge in [0.2, 0.25) is 0 Å². The first-order valence-corrected chi connectivity index (χ1v) is 9.59. The number of aromatic nitrogens is 2. The summed E-state index contributed by atoms with van der Waals surface area (Å²) < 4.78 is 3.27. The molecule has 144 valence electrons. The Labute approximate surface area is 182 Å². The summed E-state index contributed by atoms with van der Waals surface area (Å²) in [5.74, 6) is 2.36. The standard InChI is InChI=1S/C19H28BrN5.HI/c1-5-21-19(24-15(4)16-8-6-7-9-17(16)20)23-12-18-22-10-11-25(18)13-14(2)3;/h6-11,14-15H,5,12-13H2,1-4H3,(H2,21,23,24);1H. The Hall–Kier alpha value is -1.09. The smallest absolute Gasteiger partial charge is 0.192 e. The van der Waals surface area contributed by atoms with Gasteiger partial charge in [-0.2, -0.15) is 0 Å². The van der Waals surface area contributed by atoms with Gasteiger partial charge in [0, 0.05) is 30.0 Å². The number of aliphatic imine (C=N–C) groups is 1. The molecular weight excluding hydrogens is 505 g/mol. The molecule has 2 aromatic rings. The van der Waals surface area contributed by atoms with E-state index in [0.29, 0.717) is 12.5 Å². The van der Waals surface area contributed by atoms with Gasteiger partial charge in [-0.1, -0.05) is 48.0 Å². The third kappa shape index (κ3) is 6.90. The molecule has 5 nitrogen and oxygen atoms in total. The molecule has 0 amide bonds. The van der Waals surface area contributed by atoms with Crippen LogP contribution < -0.4 is 10.6 Å². The maximum atomic E-state index is 4.71. The molecule has 0 saturated carbocycles. The van der Waals surface area contributed by atoms with E-state index in [9.17, 15) is 0 Å². The Balaban J connectivity index is 0.00000338. The number of nitrogens with one attached hydrogen (secondary N) is 2. The molecule has 0 spiro atoms. The second-order valence-corrected chi connectivity index (χ2v) is 7.33. The van der Waals surface area contributed by atoms with Gasteiger partial charge in [-0.25, -0.2) is 9.98 Å². The number of halogens is 2. The van der Waals surface area contributed by atoms with Gasteiger partial charge in [-0.15, -0.1) is 24.0 Å². The predicted octanol–water partition coefficient (Wildman–Crippen LogP) is 4.74. The van der Waals surface area contributed by atoms with Crippen LogP contribution in [0, 0.1) is 5.92 Å². The fourth-order valence-electron chi connectivity index (χ4n) is 2.63. The highest BCUT2D eigenvalue weighted by Crippen LogP contribution is 2.22. The molecule has 1 unspecified atom stereocenters. The minimum absolute atomic E-state index is 0. The van der Waals surface area contributed by atoms with Crippen LogP contribution in [0.5, 0.6) is 0 Å². The van der Waals surface area contributed by atoms with Crippen molar-refractivity contribution < 1.29 is 0 Å². The molecule has 2 N–H and O–H groups in total. The van der Waals surface area contributed by atoms with Crippen molar-refractivity contribution in [3.63, 3.8) is 0 Å². The number of benzene rings is 1. The van der Waals surface area contributed by atoms with Crippen LogP contribution in [0.2, 0.25) is 0 Å². The van der Waals surface area contributed by atoms with Gasteiger partial charge in [-0.05, 0) is 31.4 Å². The highest BCUT2D eigenvalue weighted by atomic mass is 127. The van der Waals surface area contributed by atoms with Gasteiger partial charge in [0.05, 0.1) is 6.04 Å². The van der Waals surface area contributed by atoms with Crippen LogP contribution in [-0.4, -0.2) is 22.1 Å². The first-order chi connectivity index (χ1) is 12.0. The molecule has 0 aliphatic carbocycles. The fraction of sp³-hybridized carbons (Fsp3) is 0.474. The number of hydrogen-bond donors (Lipinski definition) is 2.